The highest BCUT2D eigenvalue weighted by molar-refractivity contribution is 5.94. The third kappa shape index (κ3) is 3.44. The van der Waals surface area contributed by atoms with E-state index in [4.69, 9.17) is 4.74 Å². The molecule has 0 atom stereocenters. The summed E-state index contributed by atoms with van der Waals surface area (Å²) in [5, 5.41) is 10.8. The highest BCUT2D eigenvalue weighted by Gasteiger charge is 2.21. The largest absolute Gasteiger partial charge is 0.494 e. The van der Waals surface area contributed by atoms with Gasteiger partial charge in [-0.15, -0.1) is 0 Å². The minimum Gasteiger partial charge on any atom is -0.494 e. The van der Waals surface area contributed by atoms with E-state index in [1.165, 1.54) is 25.3 Å². The third-order valence-corrected chi connectivity index (χ3v) is 2.34. The topological polar surface area (TPSA) is 78.7 Å². The standard InChI is InChI=1S/C12H15NO5/c1-3-4-7-18-9-5-6-11(13(15)16)10(8-9)12(14)17-2/h5-6,8H,3-4,7H2,1-2H3. The molecule has 0 saturated heterocycles. The lowest BCUT2D eigenvalue weighted by atomic mass is 10.1. The summed E-state index contributed by atoms with van der Waals surface area (Å²) in [5.41, 5.74) is -0.388. The predicted molar refractivity (Wildman–Crippen MR) is 64.8 cm³/mol. The number of benzene rings is 1. The lowest BCUT2D eigenvalue weighted by Crippen LogP contribution is -2.06. The number of carbonyl (C=O) groups excluding carboxylic acids is 1. The first-order chi connectivity index (χ1) is 8.60. The first-order valence-electron chi connectivity index (χ1n) is 5.59. The average Bonchev–Trinajstić information content (AvgIpc) is 2.37. The van der Waals surface area contributed by atoms with Crippen LogP contribution in [0.1, 0.15) is 30.1 Å². The van der Waals surface area contributed by atoms with E-state index in [2.05, 4.69) is 4.74 Å². The SMILES string of the molecule is CCCCOc1ccc([N+](=O)[O-])c(C(=O)OC)c1. The Balaban J connectivity index is 2.98. The summed E-state index contributed by atoms with van der Waals surface area (Å²) >= 11 is 0. The van der Waals surface area contributed by atoms with Gasteiger partial charge in [-0.2, -0.15) is 0 Å². The minimum atomic E-state index is -0.748. The maximum absolute atomic E-state index is 11.4. The minimum absolute atomic E-state index is 0.100. The fourth-order valence-electron chi connectivity index (χ4n) is 1.37. The number of carbonyl (C=O) groups is 1. The Labute approximate surface area is 105 Å². The highest BCUT2D eigenvalue weighted by Crippen LogP contribution is 2.24. The highest BCUT2D eigenvalue weighted by atomic mass is 16.6. The first kappa shape index (κ1) is 14.0. The Morgan fingerprint density at radius 1 is 1.44 bits per heavy atom. The maximum Gasteiger partial charge on any atom is 0.345 e. The van der Waals surface area contributed by atoms with Crippen LogP contribution in [0.25, 0.3) is 0 Å². The normalized spacial score (nSPS) is 9.89. The van der Waals surface area contributed by atoms with Gasteiger partial charge in [-0.3, -0.25) is 10.1 Å². The predicted octanol–water partition coefficient (Wildman–Crippen LogP) is 2.56. The van der Waals surface area contributed by atoms with Crippen LogP contribution < -0.4 is 4.74 Å². The second kappa shape index (κ2) is 6.58. The molecular formula is C12H15NO5. The Bertz CT molecular complexity index is 444. The number of ether oxygens (including phenoxy) is 2. The zero-order valence-electron chi connectivity index (χ0n) is 10.3. The van der Waals surface area contributed by atoms with Crippen molar-refractivity contribution in [3.63, 3.8) is 0 Å². The number of nitro groups is 1. The Morgan fingerprint density at radius 2 is 2.17 bits per heavy atom. The molecule has 6 nitrogen and oxygen atoms in total. The summed E-state index contributed by atoms with van der Waals surface area (Å²) in [7, 11) is 1.18. The summed E-state index contributed by atoms with van der Waals surface area (Å²) in [6.07, 6.45) is 1.86. The van der Waals surface area contributed by atoms with Gasteiger partial charge in [0, 0.05) is 12.1 Å². The molecule has 0 amide bonds. The molecule has 0 aliphatic heterocycles. The number of esters is 1. The van der Waals surface area contributed by atoms with Gasteiger partial charge in [0.05, 0.1) is 18.6 Å². The maximum atomic E-state index is 11.4. The van der Waals surface area contributed by atoms with Crippen LogP contribution in [0.4, 0.5) is 5.69 Å². The van der Waals surface area contributed by atoms with Crippen molar-refractivity contribution < 1.29 is 19.2 Å². The van der Waals surface area contributed by atoms with Crippen molar-refractivity contribution in [3.05, 3.63) is 33.9 Å². The zero-order chi connectivity index (χ0) is 13.5. The Hall–Kier alpha value is -2.11. The zero-order valence-corrected chi connectivity index (χ0v) is 10.3. The van der Waals surface area contributed by atoms with Crippen molar-refractivity contribution in [2.75, 3.05) is 13.7 Å². The summed E-state index contributed by atoms with van der Waals surface area (Å²) < 4.78 is 9.89. The van der Waals surface area contributed by atoms with Gasteiger partial charge in [-0.05, 0) is 12.5 Å². The third-order valence-electron chi connectivity index (χ3n) is 2.34. The summed E-state index contributed by atoms with van der Waals surface area (Å²) in [4.78, 5) is 21.6. The average molecular weight is 253 g/mol. The van der Waals surface area contributed by atoms with Crippen LogP contribution in [-0.4, -0.2) is 24.6 Å². The second-order valence-electron chi connectivity index (χ2n) is 3.63. The van der Waals surface area contributed by atoms with Crippen LogP contribution in [-0.2, 0) is 4.74 Å². The number of rotatable bonds is 6. The summed E-state index contributed by atoms with van der Waals surface area (Å²) in [6, 6.07) is 4.05. The number of unbranched alkanes of at least 4 members (excludes halogenated alkanes) is 1. The van der Waals surface area contributed by atoms with Crippen molar-refractivity contribution in [1.29, 1.82) is 0 Å². The summed E-state index contributed by atoms with van der Waals surface area (Å²) in [6.45, 7) is 2.54. The molecule has 0 aromatic heterocycles. The van der Waals surface area contributed by atoms with Crippen LogP contribution in [0.15, 0.2) is 18.2 Å². The molecule has 0 N–H and O–H groups in total. The van der Waals surface area contributed by atoms with Crippen molar-refractivity contribution in [2.45, 2.75) is 19.8 Å². The molecule has 1 rings (SSSR count). The molecule has 1 aromatic carbocycles. The lowest BCUT2D eigenvalue weighted by molar-refractivity contribution is -0.385. The summed E-state index contributed by atoms with van der Waals surface area (Å²) in [5.74, 6) is -0.322. The molecule has 18 heavy (non-hydrogen) atoms. The van der Waals surface area contributed by atoms with Gasteiger partial charge < -0.3 is 9.47 Å². The molecule has 98 valence electrons. The van der Waals surface area contributed by atoms with Crippen LogP contribution in [0.2, 0.25) is 0 Å². The molecule has 0 spiro atoms. The molecular weight excluding hydrogens is 238 g/mol. The quantitative estimate of drug-likeness (QED) is 0.337. The molecule has 0 saturated carbocycles. The van der Waals surface area contributed by atoms with Crippen LogP contribution in [0.5, 0.6) is 5.75 Å². The number of nitro benzene ring substituents is 1. The Kier molecular flexibility index (Phi) is 5.10. The van der Waals surface area contributed by atoms with Gasteiger partial charge >= 0.3 is 5.97 Å². The molecule has 1 aromatic rings. The van der Waals surface area contributed by atoms with E-state index in [0.717, 1.165) is 12.8 Å². The van der Waals surface area contributed by atoms with E-state index < -0.39 is 10.9 Å². The van der Waals surface area contributed by atoms with Crippen LogP contribution >= 0.6 is 0 Å². The van der Waals surface area contributed by atoms with Crippen LogP contribution in [0, 0.1) is 10.1 Å². The van der Waals surface area contributed by atoms with E-state index in [-0.39, 0.29) is 11.3 Å². The molecule has 0 bridgehead atoms. The molecule has 0 heterocycles. The smallest absolute Gasteiger partial charge is 0.345 e. The fraction of sp³-hybridized carbons (Fsp3) is 0.417. The van der Waals surface area contributed by atoms with Crippen molar-refractivity contribution >= 4 is 11.7 Å². The second-order valence-corrected chi connectivity index (χ2v) is 3.63. The number of hydrogen-bond donors (Lipinski definition) is 0. The number of hydrogen-bond acceptors (Lipinski definition) is 5. The Morgan fingerprint density at radius 3 is 2.72 bits per heavy atom. The van der Waals surface area contributed by atoms with Gasteiger partial charge in [-0.1, -0.05) is 13.3 Å². The number of nitrogens with zero attached hydrogens (tertiary/aromatic N) is 1. The van der Waals surface area contributed by atoms with E-state index >= 15 is 0 Å². The number of methoxy groups -OCH3 is 1. The van der Waals surface area contributed by atoms with Gasteiger partial charge in [0.1, 0.15) is 11.3 Å². The molecule has 0 fully saturated rings. The van der Waals surface area contributed by atoms with Gasteiger partial charge in [0.2, 0.25) is 0 Å². The van der Waals surface area contributed by atoms with E-state index in [9.17, 15) is 14.9 Å². The van der Waals surface area contributed by atoms with Crippen molar-refractivity contribution in [3.8, 4) is 5.75 Å². The van der Waals surface area contributed by atoms with E-state index in [0.29, 0.717) is 12.4 Å². The van der Waals surface area contributed by atoms with E-state index in [1.807, 2.05) is 6.92 Å². The molecule has 6 heteroatoms. The first-order valence-corrected chi connectivity index (χ1v) is 5.59. The molecule has 0 aliphatic carbocycles. The molecule has 0 radical (unpaired) electrons. The molecule has 0 aliphatic rings. The van der Waals surface area contributed by atoms with Crippen LogP contribution in [0.3, 0.4) is 0 Å². The van der Waals surface area contributed by atoms with Gasteiger partial charge in [0.25, 0.3) is 5.69 Å². The lowest BCUT2D eigenvalue weighted by Gasteiger charge is -2.07. The van der Waals surface area contributed by atoms with Crippen molar-refractivity contribution in [2.24, 2.45) is 0 Å². The fourth-order valence-corrected chi connectivity index (χ4v) is 1.37. The van der Waals surface area contributed by atoms with Gasteiger partial charge in [0.15, 0.2) is 0 Å². The van der Waals surface area contributed by atoms with E-state index in [1.54, 1.807) is 0 Å². The van der Waals surface area contributed by atoms with Crippen molar-refractivity contribution in [1.82, 2.24) is 0 Å². The monoisotopic (exact) mass is 253 g/mol. The van der Waals surface area contributed by atoms with Gasteiger partial charge in [-0.25, -0.2) is 4.79 Å². The molecule has 0 unspecified atom stereocenters.